The van der Waals surface area contributed by atoms with E-state index in [9.17, 15) is 0 Å². The summed E-state index contributed by atoms with van der Waals surface area (Å²) in [5, 5.41) is 0. The lowest BCUT2D eigenvalue weighted by Gasteiger charge is -1.99. The van der Waals surface area contributed by atoms with E-state index in [0.717, 1.165) is 18.5 Å². The van der Waals surface area contributed by atoms with Crippen LogP contribution in [0, 0.1) is 0 Å². The minimum Gasteiger partial charge on any atom is -0.127 e. The summed E-state index contributed by atoms with van der Waals surface area (Å²) in [7, 11) is -0.677. The van der Waals surface area contributed by atoms with Crippen molar-refractivity contribution in [2.24, 2.45) is 4.78 Å². The van der Waals surface area contributed by atoms with Crippen LogP contribution >= 0.6 is 0 Å². The highest BCUT2D eigenvalue weighted by molar-refractivity contribution is 6.56. The number of hydrogen-bond acceptors (Lipinski definition) is 1. The second-order valence-corrected chi connectivity index (χ2v) is 4.40. The van der Waals surface area contributed by atoms with Crippen molar-refractivity contribution in [2.75, 3.05) is 0 Å². The summed E-state index contributed by atoms with van der Waals surface area (Å²) < 4.78 is 3.71. The summed E-state index contributed by atoms with van der Waals surface area (Å²) in [6.07, 6.45) is 1.14. The van der Waals surface area contributed by atoms with Crippen LogP contribution < -0.4 is 0 Å². The van der Waals surface area contributed by atoms with Gasteiger partial charge in [-0.3, -0.25) is 0 Å². The molecule has 1 radical (unpaired) electrons. The molecule has 0 saturated heterocycles. The molecule has 0 unspecified atom stereocenters. The third-order valence-corrected chi connectivity index (χ3v) is 3.40. The zero-order valence-corrected chi connectivity index (χ0v) is 6.96. The molecule has 3 nitrogen and oxygen atoms in total. The Balaban J connectivity index is 3.53. The molecule has 9 heavy (non-hydrogen) atoms. The Kier molecular flexibility index (Phi) is 5.36. The predicted octanol–water partition coefficient (Wildman–Crippen LogP) is 2.72. The molecule has 0 atom stereocenters. The second kappa shape index (κ2) is 5.66. The van der Waals surface area contributed by atoms with Gasteiger partial charge < -0.3 is 0 Å². The van der Waals surface area contributed by atoms with Gasteiger partial charge in [-0.1, -0.05) is 32.4 Å². The van der Waals surface area contributed by atoms with Crippen LogP contribution in [0.15, 0.2) is 4.78 Å². The number of rotatable bonds is 4. The first-order valence-electron chi connectivity index (χ1n) is 3.24. The molecule has 0 heterocycles. The fourth-order valence-corrected chi connectivity index (χ4v) is 1.95. The largest absolute Gasteiger partial charge is 0.155 e. The summed E-state index contributed by atoms with van der Waals surface area (Å²) in [5.41, 5.74) is 8.08. The summed E-state index contributed by atoms with van der Waals surface area (Å²) >= 11 is 0. The molecule has 0 aliphatic rings. The molecule has 0 N–H and O–H groups in total. The molecular weight excluding hydrogens is 130 g/mol. The lowest BCUT2D eigenvalue weighted by Crippen LogP contribution is -2.04. The van der Waals surface area contributed by atoms with Crippen molar-refractivity contribution in [2.45, 2.75) is 32.4 Å². The Morgan fingerprint density at radius 1 is 1.56 bits per heavy atom. The zero-order chi connectivity index (χ0) is 7.11. The fourth-order valence-electron chi connectivity index (χ4n) is 0.649. The highest BCUT2D eigenvalue weighted by Gasteiger charge is 2.02. The van der Waals surface area contributed by atoms with E-state index in [4.69, 9.17) is 5.53 Å². The van der Waals surface area contributed by atoms with Crippen LogP contribution in [0.3, 0.4) is 0 Å². The molecule has 0 bridgehead atoms. The molecule has 0 rings (SSSR count). The van der Waals surface area contributed by atoms with Gasteiger partial charge in [-0.15, -0.1) is 4.78 Å². The molecule has 0 aromatic rings. The quantitative estimate of drug-likeness (QED) is 0.251. The lowest BCUT2D eigenvalue weighted by molar-refractivity contribution is 1.04. The van der Waals surface area contributed by atoms with Gasteiger partial charge >= 0.3 is 0 Å². The molecule has 0 aromatic heterocycles. The Hall–Kier alpha value is -0.473. The second-order valence-electron chi connectivity index (χ2n) is 1.86. The van der Waals surface area contributed by atoms with Crippen molar-refractivity contribution < 1.29 is 0 Å². The third-order valence-electron chi connectivity index (χ3n) is 1.13. The monoisotopic (exact) mass is 142 g/mol. The van der Waals surface area contributed by atoms with Crippen molar-refractivity contribution in [1.82, 2.24) is 0 Å². The molecule has 0 aromatic carbocycles. The molecule has 0 amide bonds. The Morgan fingerprint density at radius 3 is 2.56 bits per heavy atom. The maximum atomic E-state index is 8.08. The minimum absolute atomic E-state index is 0.677. The van der Waals surface area contributed by atoms with Crippen molar-refractivity contribution in [3.8, 4) is 0 Å². The summed E-state index contributed by atoms with van der Waals surface area (Å²) in [5.74, 6) is 0. The van der Waals surface area contributed by atoms with E-state index < -0.39 is 8.96 Å². The fraction of sp³-hybridized carbons (Fsp3) is 1.00. The normalized spacial score (nSPS) is 9.22. The lowest BCUT2D eigenvalue weighted by atomic mass is 10.6. The SMILES string of the molecule is CCC[Si](CC)N=[N+]=[N-]. The van der Waals surface area contributed by atoms with E-state index in [1.165, 1.54) is 0 Å². The van der Waals surface area contributed by atoms with Crippen LogP contribution in [0.1, 0.15) is 20.3 Å². The van der Waals surface area contributed by atoms with Gasteiger partial charge in [0, 0.05) is 0 Å². The smallest absolute Gasteiger partial charge is 0.127 e. The molecule has 0 fully saturated rings. The van der Waals surface area contributed by atoms with Gasteiger partial charge in [0.25, 0.3) is 0 Å². The molecular formula is C5H12N3Si. The standard InChI is InChI=1S/C5H12N3Si/c1-3-5-9(4-2)8-7-6/h3-5H2,1-2H3. The topological polar surface area (TPSA) is 48.8 Å². The summed E-state index contributed by atoms with van der Waals surface area (Å²) in [6, 6.07) is 2.17. The van der Waals surface area contributed by atoms with Gasteiger partial charge in [-0.25, -0.2) is 0 Å². The zero-order valence-electron chi connectivity index (χ0n) is 5.96. The van der Waals surface area contributed by atoms with Gasteiger partial charge in [0.2, 0.25) is 0 Å². The van der Waals surface area contributed by atoms with Crippen LogP contribution in [0.5, 0.6) is 0 Å². The molecule has 0 aliphatic heterocycles. The maximum absolute atomic E-state index is 8.08. The van der Waals surface area contributed by atoms with Crippen LogP contribution in [0.25, 0.3) is 10.4 Å². The third kappa shape index (κ3) is 4.06. The molecule has 0 saturated carbocycles. The first-order chi connectivity index (χ1) is 4.35. The molecule has 0 aliphatic carbocycles. The average Bonchev–Trinajstić information content (AvgIpc) is 1.88. The Morgan fingerprint density at radius 2 is 2.22 bits per heavy atom. The summed E-state index contributed by atoms with van der Waals surface area (Å²) in [4.78, 5) is 2.80. The van der Waals surface area contributed by atoms with E-state index in [-0.39, 0.29) is 0 Å². The van der Waals surface area contributed by atoms with Crippen molar-refractivity contribution in [3.63, 3.8) is 0 Å². The minimum atomic E-state index is -0.677. The molecule has 0 spiro atoms. The van der Waals surface area contributed by atoms with E-state index in [1.54, 1.807) is 0 Å². The highest BCUT2D eigenvalue weighted by atomic mass is 28.3. The van der Waals surface area contributed by atoms with E-state index in [1.807, 2.05) is 0 Å². The number of hydrogen-bond donors (Lipinski definition) is 0. The van der Waals surface area contributed by atoms with Gasteiger partial charge in [0.15, 0.2) is 8.96 Å². The average molecular weight is 142 g/mol. The number of nitrogens with zero attached hydrogens (tertiary/aromatic N) is 3. The number of azide groups is 1. The maximum Gasteiger partial charge on any atom is 0.155 e. The van der Waals surface area contributed by atoms with E-state index in [2.05, 4.69) is 23.5 Å². The van der Waals surface area contributed by atoms with Gasteiger partial charge in [0.05, 0.1) is 0 Å². The molecule has 4 heteroatoms. The van der Waals surface area contributed by atoms with Crippen LogP contribution in [0.2, 0.25) is 12.1 Å². The molecule has 51 valence electrons. The van der Waals surface area contributed by atoms with E-state index in [0.29, 0.717) is 0 Å². The highest BCUT2D eigenvalue weighted by Crippen LogP contribution is 2.02. The Bertz CT molecular complexity index is 109. The van der Waals surface area contributed by atoms with Gasteiger partial charge in [-0.2, -0.15) is 0 Å². The summed E-state index contributed by atoms with van der Waals surface area (Å²) in [6.45, 7) is 4.20. The predicted molar refractivity (Wildman–Crippen MR) is 40.5 cm³/mol. The van der Waals surface area contributed by atoms with Crippen LogP contribution in [-0.2, 0) is 0 Å². The van der Waals surface area contributed by atoms with Gasteiger partial charge in [0.1, 0.15) is 0 Å². The van der Waals surface area contributed by atoms with Crippen molar-refractivity contribution >= 4 is 8.96 Å². The van der Waals surface area contributed by atoms with Crippen molar-refractivity contribution in [1.29, 1.82) is 0 Å². The van der Waals surface area contributed by atoms with Crippen LogP contribution in [-0.4, -0.2) is 8.96 Å². The van der Waals surface area contributed by atoms with E-state index >= 15 is 0 Å². The Labute approximate surface area is 57.4 Å². The van der Waals surface area contributed by atoms with Crippen molar-refractivity contribution in [3.05, 3.63) is 10.4 Å². The van der Waals surface area contributed by atoms with Crippen LogP contribution in [0.4, 0.5) is 0 Å². The first kappa shape index (κ1) is 8.53. The first-order valence-corrected chi connectivity index (χ1v) is 5.11. The van der Waals surface area contributed by atoms with Gasteiger partial charge in [-0.05, 0) is 10.4 Å².